The fourth-order valence-corrected chi connectivity index (χ4v) is 2.53. The Balaban J connectivity index is 1.94. The molecule has 0 saturated heterocycles. The van der Waals surface area contributed by atoms with Crippen LogP contribution in [0.5, 0.6) is 0 Å². The summed E-state index contributed by atoms with van der Waals surface area (Å²) in [6.07, 6.45) is 5.07. The average Bonchev–Trinajstić information content (AvgIpc) is 2.44. The third kappa shape index (κ3) is 4.23. The van der Waals surface area contributed by atoms with Crippen LogP contribution < -0.4 is 11.1 Å². The van der Waals surface area contributed by atoms with E-state index in [9.17, 15) is 0 Å². The first-order chi connectivity index (χ1) is 9.66. The molecule has 0 spiro atoms. The number of aryl methyl sites for hydroxylation is 1. The first-order valence-electron chi connectivity index (χ1n) is 7.46. The second-order valence-corrected chi connectivity index (χ2v) is 5.46. The van der Waals surface area contributed by atoms with Crippen molar-refractivity contribution in [2.24, 2.45) is 10.7 Å². The molecule has 0 bridgehead atoms. The number of nitrogens with zero attached hydrogens (tertiary/aromatic N) is 1. The summed E-state index contributed by atoms with van der Waals surface area (Å²) < 4.78 is 5.44. The zero-order chi connectivity index (χ0) is 14.4. The number of rotatable bonds is 5. The minimum Gasteiger partial charge on any atom is -0.377 e. The number of hydrogen-bond donors (Lipinski definition) is 2. The Morgan fingerprint density at radius 1 is 1.35 bits per heavy atom. The highest BCUT2D eigenvalue weighted by atomic mass is 16.5. The molecule has 0 heterocycles. The Hall–Kier alpha value is -1.55. The zero-order valence-corrected chi connectivity index (χ0v) is 12.5. The Labute approximate surface area is 121 Å². The van der Waals surface area contributed by atoms with Gasteiger partial charge in [-0.1, -0.05) is 12.1 Å². The summed E-state index contributed by atoms with van der Waals surface area (Å²) in [5.74, 6) is 0.469. The van der Waals surface area contributed by atoms with Crippen molar-refractivity contribution in [3.63, 3.8) is 0 Å². The second kappa shape index (κ2) is 7.29. The van der Waals surface area contributed by atoms with Gasteiger partial charge < -0.3 is 15.8 Å². The van der Waals surface area contributed by atoms with Gasteiger partial charge in [0.2, 0.25) is 0 Å². The molecule has 20 heavy (non-hydrogen) atoms. The van der Waals surface area contributed by atoms with Crippen LogP contribution in [-0.2, 0) is 17.6 Å². The van der Waals surface area contributed by atoms with Crippen molar-refractivity contribution in [2.75, 3.05) is 18.5 Å². The lowest BCUT2D eigenvalue weighted by atomic mass is 9.90. The van der Waals surface area contributed by atoms with Gasteiger partial charge in [0, 0.05) is 5.69 Å². The summed E-state index contributed by atoms with van der Waals surface area (Å²) in [5, 5.41) is 3.23. The van der Waals surface area contributed by atoms with Crippen LogP contribution in [0.1, 0.15) is 37.8 Å². The van der Waals surface area contributed by atoms with Crippen molar-refractivity contribution < 1.29 is 4.74 Å². The maximum Gasteiger partial charge on any atom is 0.193 e. The number of aliphatic imine (C=N–C) groups is 1. The maximum atomic E-state index is 5.94. The van der Waals surface area contributed by atoms with Crippen LogP contribution in [0.15, 0.2) is 23.2 Å². The van der Waals surface area contributed by atoms with E-state index in [0.717, 1.165) is 12.1 Å². The van der Waals surface area contributed by atoms with E-state index < -0.39 is 0 Å². The molecule has 1 aromatic carbocycles. The molecule has 4 heteroatoms. The van der Waals surface area contributed by atoms with Crippen molar-refractivity contribution in [1.29, 1.82) is 0 Å². The number of ether oxygens (including phenoxy) is 1. The minimum atomic E-state index is 0.237. The van der Waals surface area contributed by atoms with Crippen molar-refractivity contribution in [3.05, 3.63) is 29.3 Å². The third-order valence-corrected chi connectivity index (χ3v) is 3.48. The second-order valence-electron chi connectivity index (χ2n) is 5.46. The van der Waals surface area contributed by atoms with Gasteiger partial charge in [0.1, 0.15) is 0 Å². The van der Waals surface area contributed by atoms with Crippen LogP contribution in [0, 0.1) is 0 Å². The van der Waals surface area contributed by atoms with Crippen LogP contribution in [0.4, 0.5) is 5.69 Å². The number of fused-ring (bicyclic) bond motifs is 1. The lowest BCUT2D eigenvalue weighted by Crippen LogP contribution is -2.25. The molecular formula is C16H25N3O. The average molecular weight is 275 g/mol. The number of benzene rings is 1. The SMILES string of the molecule is CC(C)OCCN=C(N)Nc1cccc2c1CCCC2. The van der Waals surface area contributed by atoms with E-state index in [2.05, 4.69) is 28.5 Å². The van der Waals surface area contributed by atoms with Gasteiger partial charge in [0.25, 0.3) is 0 Å². The summed E-state index contributed by atoms with van der Waals surface area (Å²) in [7, 11) is 0. The smallest absolute Gasteiger partial charge is 0.193 e. The number of hydrogen-bond acceptors (Lipinski definition) is 2. The van der Waals surface area contributed by atoms with Gasteiger partial charge in [-0.05, 0) is 56.7 Å². The lowest BCUT2D eigenvalue weighted by molar-refractivity contribution is 0.0853. The molecule has 2 rings (SSSR count). The molecule has 0 radical (unpaired) electrons. The van der Waals surface area contributed by atoms with Gasteiger partial charge in [0.15, 0.2) is 5.96 Å². The molecule has 0 saturated carbocycles. The molecule has 0 aliphatic heterocycles. The lowest BCUT2D eigenvalue weighted by Gasteiger charge is -2.19. The fraction of sp³-hybridized carbons (Fsp3) is 0.562. The van der Waals surface area contributed by atoms with E-state index in [1.165, 1.54) is 30.4 Å². The Kier molecular flexibility index (Phi) is 5.41. The van der Waals surface area contributed by atoms with E-state index >= 15 is 0 Å². The predicted octanol–water partition coefficient (Wildman–Crippen LogP) is 2.72. The zero-order valence-electron chi connectivity index (χ0n) is 12.5. The highest BCUT2D eigenvalue weighted by molar-refractivity contribution is 5.93. The topological polar surface area (TPSA) is 59.6 Å². The Morgan fingerprint density at radius 2 is 2.15 bits per heavy atom. The quantitative estimate of drug-likeness (QED) is 0.493. The first-order valence-corrected chi connectivity index (χ1v) is 7.46. The van der Waals surface area contributed by atoms with Gasteiger partial charge >= 0.3 is 0 Å². The van der Waals surface area contributed by atoms with E-state index in [-0.39, 0.29) is 6.10 Å². The summed E-state index contributed by atoms with van der Waals surface area (Å²) in [5.41, 5.74) is 9.88. The maximum absolute atomic E-state index is 5.94. The molecule has 0 amide bonds. The molecule has 1 aliphatic rings. The van der Waals surface area contributed by atoms with Crippen LogP contribution in [0.25, 0.3) is 0 Å². The van der Waals surface area contributed by atoms with Gasteiger partial charge in [-0.25, -0.2) is 0 Å². The minimum absolute atomic E-state index is 0.237. The van der Waals surface area contributed by atoms with Gasteiger partial charge in [-0.15, -0.1) is 0 Å². The predicted molar refractivity (Wildman–Crippen MR) is 84.3 cm³/mol. The summed E-state index contributed by atoms with van der Waals surface area (Å²) in [6, 6.07) is 6.38. The fourth-order valence-electron chi connectivity index (χ4n) is 2.53. The number of guanidine groups is 1. The molecule has 1 aliphatic carbocycles. The largest absolute Gasteiger partial charge is 0.377 e. The molecule has 0 aromatic heterocycles. The van der Waals surface area contributed by atoms with Crippen LogP contribution >= 0.6 is 0 Å². The van der Waals surface area contributed by atoms with Gasteiger partial charge in [0.05, 0.1) is 19.3 Å². The third-order valence-electron chi connectivity index (χ3n) is 3.48. The van der Waals surface area contributed by atoms with Crippen LogP contribution in [0.3, 0.4) is 0 Å². The number of nitrogens with two attached hydrogens (primary N) is 1. The standard InChI is InChI=1S/C16H25N3O/c1-12(2)20-11-10-18-16(17)19-15-9-5-7-13-6-3-4-8-14(13)15/h5,7,9,12H,3-4,6,8,10-11H2,1-2H3,(H3,17,18,19). The highest BCUT2D eigenvalue weighted by Gasteiger charge is 2.12. The van der Waals surface area contributed by atoms with E-state index in [1.54, 1.807) is 0 Å². The molecule has 3 N–H and O–H groups in total. The molecule has 0 atom stereocenters. The Morgan fingerprint density at radius 3 is 2.95 bits per heavy atom. The van der Waals surface area contributed by atoms with E-state index in [0.29, 0.717) is 19.1 Å². The summed E-state index contributed by atoms with van der Waals surface area (Å²) in [4.78, 5) is 4.30. The molecule has 0 unspecified atom stereocenters. The molecule has 1 aromatic rings. The number of nitrogens with one attached hydrogen (secondary N) is 1. The molecule has 0 fully saturated rings. The van der Waals surface area contributed by atoms with Crippen molar-refractivity contribution in [2.45, 2.75) is 45.6 Å². The van der Waals surface area contributed by atoms with Gasteiger partial charge in [-0.2, -0.15) is 0 Å². The highest BCUT2D eigenvalue weighted by Crippen LogP contribution is 2.27. The van der Waals surface area contributed by atoms with Crippen molar-refractivity contribution in [1.82, 2.24) is 0 Å². The van der Waals surface area contributed by atoms with Crippen molar-refractivity contribution in [3.8, 4) is 0 Å². The number of anilines is 1. The van der Waals surface area contributed by atoms with Crippen LogP contribution in [-0.4, -0.2) is 25.2 Å². The van der Waals surface area contributed by atoms with Crippen LogP contribution in [0.2, 0.25) is 0 Å². The summed E-state index contributed by atoms with van der Waals surface area (Å²) in [6.45, 7) is 5.22. The van der Waals surface area contributed by atoms with Crippen molar-refractivity contribution >= 4 is 11.6 Å². The molecular weight excluding hydrogens is 250 g/mol. The van der Waals surface area contributed by atoms with Gasteiger partial charge in [-0.3, -0.25) is 4.99 Å². The summed E-state index contributed by atoms with van der Waals surface area (Å²) >= 11 is 0. The van der Waals surface area contributed by atoms with E-state index in [4.69, 9.17) is 10.5 Å². The molecule has 110 valence electrons. The first kappa shape index (κ1) is 14.9. The monoisotopic (exact) mass is 275 g/mol. The van der Waals surface area contributed by atoms with E-state index in [1.807, 2.05) is 13.8 Å². The normalized spacial score (nSPS) is 15.2. The Bertz CT molecular complexity index is 469. The molecule has 4 nitrogen and oxygen atoms in total.